The molecule has 1 unspecified atom stereocenters. The van der Waals surface area contributed by atoms with Crippen LogP contribution in [-0.2, 0) is 37.2 Å². The first-order valence-electron chi connectivity index (χ1n) is 10.5. The van der Waals surface area contributed by atoms with Crippen molar-refractivity contribution >= 4 is 5.96 Å². The van der Waals surface area contributed by atoms with Crippen molar-refractivity contribution in [3.8, 4) is 5.75 Å². The van der Waals surface area contributed by atoms with Crippen LogP contribution in [0, 0.1) is 0 Å². The third-order valence-electron chi connectivity index (χ3n) is 5.28. The highest BCUT2D eigenvalue weighted by molar-refractivity contribution is 5.80. The van der Waals surface area contributed by atoms with E-state index in [1.165, 1.54) is 11.1 Å². The van der Waals surface area contributed by atoms with Gasteiger partial charge in [-0.15, -0.1) is 0 Å². The molecule has 0 fully saturated rings. The van der Waals surface area contributed by atoms with Gasteiger partial charge >= 0.3 is 0 Å². The van der Waals surface area contributed by atoms with Crippen molar-refractivity contribution in [3.05, 3.63) is 41.0 Å². The smallest absolute Gasteiger partial charge is 0.191 e. The fraction of sp³-hybridized carbons (Fsp3) is 0.571. The van der Waals surface area contributed by atoms with E-state index >= 15 is 0 Å². The van der Waals surface area contributed by atoms with Gasteiger partial charge in [-0.05, 0) is 37.0 Å². The number of nitrogens with one attached hydrogen (secondary N) is 2. The molecule has 1 aromatic heterocycles. The number of methoxy groups -OCH3 is 1. The van der Waals surface area contributed by atoms with Crippen molar-refractivity contribution in [2.24, 2.45) is 4.99 Å². The van der Waals surface area contributed by atoms with Gasteiger partial charge in [0.05, 0.1) is 13.2 Å². The summed E-state index contributed by atoms with van der Waals surface area (Å²) in [4.78, 5) is 9.33. The molecule has 8 heteroatoms. The van der Waals surface area contributed by atoms with Gasteiger partial charge in [0.2, 0.25) is 0 Å². The van der Waals surface area contributed by atoms with E-state index in [1.807, 2.05) is 4.68 Å². The molecule has 156 valence electrons. The normalized spacial score (nSPS) is 18.1. The SMILES string of the molecule is CCNC(=NCCc1ccc2c(c1)CCO2)NC1CCc2nc(COC)nn2C1. The van der Waals surface area contributed by atoms with Crippen molar-refractivity contribution in [1.29, 1.82) is 0 Å². The zero-order chi connectivity index (χ0) is 20.1. The Morgan fingerprint density at radius 1 is 1.38 bits per heavy atom. The Morgan fingerprint density at radius 2 is 2.31 bits per heavy atom. The van der Waals surface area contributed by atoms with Gasteiger partial charge in [-0.3, -0.25) is 4.99 Å². The monoisotopic (exact) mass is 398 g/mol. The topological polar surface area (TPSA) is 85.6 Å². The maximum atomic E-state index is 5.59. The molecule has 0 aliphatic carbocycles. The molecule has 0 spiro atoms. The molecule has 0 amide bonds. The summed E-state index contributed by atoms with van der Waals surface area (Å²) < 4.78 is 12.7. The summed E-state index contributed by atoms with van der Waals surface area (Å²) in [5.74, 6) is 3.69. The Labute approximate surface area is 171 Å². The Bertz CT molecular complexity index is 863. The maximum absolute atomic E-state index is 5.59. The second kappa shape index (κ2) is 9.26. The second-order valence-electron chi connectivity index (χ2n) is 7.49. The number of aryl methyl sites for hydroxylation is 1. The quantitative estimate of drug-likeness (QED) is 0.543. The first-order chi connectivity index (χ1) is 14.2. The molecular formula is C21H30N6O2. The predicted molar refractivity (Wildman–Crippen MR) is 111 cm³/mol. The highest BCUT2D eigenvalue weighted by atomic mass is 16.5. The molecule has 2 N–H and O–H groups in total. The fourth-order valence-electron chi connectivity index (χ4n) is 3.87. The van der Waals surface area contributed by atoms with E-state index in [0.29, 0.717) is 6.61 Å². The van der Waals surface area contributed by atoms with Gasteiger partial charge in [0.25, 0.3) is 0 Å². The lowest BCUT2D eigenvalue weighted by Gasteiger charge is -2.25. The van der Waals surface area contributed by atoms with Crippen LogP contribution in [0.3, 0.4) is 0 Å². The summed E-state index contributed by atoms with van der Waals surface area (Å²) >= 11 is 0. The molecule has 4 rings (SSSR count). The minimum Gasteiger partial charge on any atom is -0.493 e. The standard InChI is InChI=1S/C21H30N6O2/c1-3-22-21(23-10-8-15-4-6-18-16(12-15)9-11-29-18)24-17-5-7-20-25-19(14-28-2)26-27(20)13-17/h4,6,12,17H,3,5,7-11,13-14H2,1-2H3,(H2,22,23,24). The van der Waals surface area contributed by atoms with E-state index in [9.17, 15) is 0 Å². The lowest BCUT2D eigenvalue weighted by Crippen LogP contribution is -2.47. The Hall–Kier alpha value is -2.61. The van der Waals surface area contributed by atoms with Crippen LogP contribution in [0.15, 0.2) is 23.2 Å². The average molecular weight is 399 g/mol. The van der Waals surface area contributed by atoms with Crippen molar-refractivity contribution < 1.29 is 9.47 Å². The van der Waals surface area contributed by atoms with Crippen LogP contribution < -0.4 is 15.4 Å². The van der Waals surface area contributed by atoms with Crippen LogP contribution in [0.1, 0.15) is 36.1 Å². The lowest BCUT2D eigenvalue weighted by molar-refractivity contribution is 0.177. The number of aromatic nitrogens is 3. The number of rotatable bonds is 7. The summed E-state index contributed by atoms with van der Waals surface area (Å²) in [6.45, 7) is 5.71. The number of aliphatic imine (C=N–C) groups is 1. The van der Waals surface area contributed by atoms with Crippen molar-refractivity contribution in [1.82, 2.24) is 25.4 Å². The van der Waals surface area contributed by atoms with Gasteiger partial charge in [0, 0.05) is 39.1 Å². The largest absolute Gasteiger partial charge is 0.493 e. The molecule has 0 saturated carbocycles. The number of hydrogen-bond acceptors (Lipinski definition) is 5. The highest BCUT2D eigenvalue weighted by Gasteiger charge is 2.22. The number of guanidine groups is 1. The average Bonchev–Trinajstić information content (AvgIpc) is 3.34. The zero-order valence-corrected chi connectivity index (χ0v) is 17.3. The number of fused-ring (bicyclic) bond motifs is 2. The second-order valence-corrected chi connectivity index (χ2v) is 7.49. The van der Waals surface area contributed by atoms with E-state index < -0.39 is 0 Å². The first kappa shape index (κ1) is 19.7. The molecular weight excluding hydrogens is 368 g/mol. The highest BCUT2D eigenvalue weighted by Crippen LogP contribution is 2.26. The maximum Gasteiger partial charge on any atom is 0.191 e. The molecule has 8 nitrogen and oxygen atoms in total. The van der Waals surface area contributed by atoms with Gasteiger partial charge in [0.1, 0.15) is 18.2 Å². The van der Waals surface area contributed by atoms with Crippen LogP contribution in [0.5, 0.6) is 5.75 Å². The molecule has 2 aliphatic heterocycles. The fourth-order valence-corrected chi connectivity index (χ4v) is 3.87. The summed E-state index contributed by atoms with van der Waals surface area (Å²) in [6.07, 6.45) is 3.85. The van der Waals surface area contributed by atoms with E-state index in [1.54, 1.807) is 7.11 Å². The Balaban J connectivity index is 1.33. The van der Waals surface area contributed by atoms with Crippen molar-refractivity contribution in [3.63, 3.8) is 0 Å². The van der Waals surface area contributed by atoms with Crippen LogP contribution in [0.4, 0.5) is 0 Å². The molecule has 1 atom stereocenters. The number of ether oxygens (including phenoxy) is 2. The molecule has 0 radical (unpaired) electrons. The lowest BCUT2D eigenvalue weighted by atomic mass is 10.1. The zero-order valence-electron chi connectivity index (χ0n) is 17.3. The van der Waals surface area contributed by atoms with E-state index in [2.05, 4.69) is 45.8 Å². The number of hydrogen-bond donors (Lipinski definition) is 2. The van der Waals surface area contributed by atoms with Crippen LogP contribution >= 0.6 is 0 Å². The van der Waals surface area contributed by atoms with E-state index in [4.69, 9.17) is 14.5 Å². The Morgan fingerprint density at radius 3 is 3.17 bits per heavy atom. The first-order valence-corrected chi connectivity index (χ1v) is 10.5. The van der Waals surface area contributed by atoms with Crippen molar-refractivity contribution in [2.45, 2.75) is 51.8 Å². The molecule has 2 aromatic rings. The summed E-state index contributed by atoms with van der Waals surface area (Å²) in [7, 11) is 1.67. The van der Waals surface area contributed by atoms with E-state index in [-0.39, 0.29) is 6.04 Å². The minimum atomic E-state index is 0.287. The van der Waals surface area contributed by atoms with Crippen LogP contribution in [0.25, 0.3) is 0 Å². The van der Waals surface area contributed by atoms with Crippen LogP contribution in [-0.4, -0.2) is 53.6 Å². The number of benzene rings is 1. The van der Waals surface area contributed by atoms with Gasteiger partial charge in [-0.25, -0.2) is 9.67 Å². The predicted octanol–water partition coefficient (Wildman–Crippen LogP) is 1.47. The molecule has 0 bridgehead atoms. The molecule has 29 heavy (non-hydrogen) atoms. The third-order valence-corrected chi connectivity index (χ3v) is 5.28. The molecule has 0 saturated heterocycles. The van der Waals surface area contributed by atoms with Gasteiger partial charge in [0.15, 0.2) is 11.8 Å². The van der Waals surface area contributed by atoms with Gasteiger partial charge in [-0.1, -0.05) is 12.1 Å². The summed E-state index contributed by atoms with van der Waals surface area (Å²) in [5.41, 5.74) is 2.62. The van der Waals surface area contributed by atoms with Crippen LogP contribution in [0.2, 0.25) is 0 Å². The third kappa shape index (κ3) is 4.87. The molecule has 2 aliphatic rings. The molecule has 3 heterocycles. The number of nitrogens with zero attached hydrogens (tertiary/aromatic N) is 4. The Kier molecular flexibility index (Phi) is 6.29. The minimum absolute atomic E-state index is 0.287. The van der Waals surface area contributed by atoms with Gasteiger partial charge < -0.3 is 20.1 Å². The summed E-state index contributed by atoms with van der Waals surface area (Å²) in [6, 6.07) is 6.77. The van der Waals surface area contributed by atoms with Crippen molar-refractivity contribution in [2.75, 3.05) is 26.8 Å². The molecule has 1 aromatic carbocycles. The van der Waals surface area contributed by atoms with Gasteiger partial charge in [-0.2, -0.15) is 5.10 Å². The van der Waals surface area contributed by atoms with E-state index in [0.717, 1.165) is 75.3 Å². The summed E-state index contributed by atoms with van der Waals surface area (Å²) in [5, 5.41) is 11.5.